The predicted molar refractivity (Wildman–Crippen MR) is 164 cm³/mol. The normalized spacial score (nSPS) is 17.2. The van der Waals surface area contributed by atoms with E-state index in [1.165, 1.54) is 6.20 Å². The largest absolute Gasteiger partial charge is 0.477 e. The molecule has 5 heterocycles. The minimum Gasteiger partial charge on any atom is -0.477 e. The lowest BCUT2D eigenvalue weighted by atomic mass is 10.1. The Hall–Kier alpha value is -3.86. The topological polar surface area (TPSA) is 104 Å². The van der Waals surface area contributed by atoms with Gasteiger partial charge in [0.05, 0.1) is 28.0 Å². The zero-order valence-electron chi connectivity index (χ0n) is 23.2. The Morgan fingerprint density at radius 2 is 1.93 bits per heavy atom. The minimum atomic E-state index is -1.30. The number of halogens is 2. The minimum absolute atomic E-state index is 0.0000692. The molecule has 10 nitrogen and oxygen atoms in total. The van der Waals surface area contributed by atoms with Crippen molar-refractivity contribution in [3.63, 3.8) is 0 Å². The molecule has 0 spiro atoms. The number of ether oxygens (including phenoxy) is 1. The Bertz CT molecular complexity index is 1720. The molecule has 218 valence electrons. The van der Waals surface area contributed by atoms with Crippen LogP contribution in [0.3, 0.4) is 0 Å². The quantitative estimate of drug-likeness (QED) is 0.308. The Morgan fingerprint density at radius 3 is 2.67 bits per heavy atom. The Kier molecular flexibility index (Phi) is 7.69. The maximum atomic E-state index is 13.3. The second-order valence-corrected chi connectivity index (χ2v) is 11.7. The highest BCUT2D eigenvalue weighted by molar-refractivity contribution is 6.34. The van der Waals surface area contributed by atoms with Crippen LogP contribution in [-0.4, -0.2) is 82.9 Å². The van der Waals surface area contributed by atoms with Crippen molar-refractivity contribution in [2.75, 3.05) is 50.1 Å². The zero-order valence-corrected chi connectivity index (χ0v) is 24.7. The van der Waals surface area contributed by atoms with Crippen molar-refractivity contribution < 1.29 is 14.6 Å². The standard InChI is InChI=1S/C30H30Cl2N6O4/c1-35(2)20-14-36(15-20)27-11-18(7-9-33-27)38-16-22(30(40)41)28(39)21-12-24(32)26(13-25(21)38)37-10-4-5-19(37)17-42-29-23(31)6-3-8-34-29/h3,6-9,11-13,16,19-20H,4-5,10,14-15,17H2,1-2H3,(H,40,41)/t19-/m1/s1. The van der Waals surface area contributed by atoms with Crippen LogP contribution in [0.1, 0.15) is 23.2 Å². The van der Waals surface area contributed by atoms with Gasteiger partial charge < -0.3 is 29.1 Å². The van der Waals surface area contributed by atoms with Crippen LogP contribution >= 0.6 is 23.2 Å². The van der Waals surface area contributed by atoms with E-state index < -0.39 is 11.4 Å². The number of carboxylic acid groups (broad SMARTS) is 1. The number of carbonyl (C=O) groups is 1. The van der Waals surface area contributed by atoms with Crippen molar-refractivity contribution in [2.24, 2.45) is 0 Å². The van der Waals surface area contributed by atoms with E-state index in [1.54, 1.807) is 41.2 Å². The van der Waals surface area contributed by atoms with Crippen molar-refractivity contribution in [3.8, 4) is 11.6 Å². The molecule has 0 saturated carbocycles. The molecule has 1 atom stereocenters. The molecule has 2 fully saturated rings. The molecule has 6 rings (SSSR count). The lowest BCUT2D eigenvalue weighted by Crippen LogP contribution is -2.57. The predicted octanol–water partition coefficient (Wildman–Crippen LogP) is 4.58. The second-order valence-electron chi connectivity index (χ2n) is 10.9. The van der Waals surface area contributed by atoms with Gasteiger partial charge in [0.25, 0.3) is 0 Å². The van der Waals surface area contributed by atoms with Gasteiger partial charge in [-0.15, -0.1) is 0 Å². The Morgan fingerprint density at radius 1 is 1.12 bits per heavy atom. The molecule has 2 aliphatic rings. The van der Waals surface area contributed by atoms with E-state index >= 15 is 0 Å². The van der Waals surface area contributed by atoms with Crippen molar-refractivity contribution in [3.05, 3.63) is 80.8 Å². The summed E-state index contributed by atoms with van der Waals surface area (Å²) < 4.78 is 7.70. The molecule has 0 bridgehead atoms. The van der Waals surface area contributed by atoms with Crippen LogP contribution in [0.2, 0.25) is 10.0 Å². The average molecular weight is 610 g/mol. The summed E-state index contributed by atoms with van der Waals surface area (Å²) >= 11 is 13.0. The number of nitrogens with zero attached hydrogens (tertiary/aromatic N) is 6. The van der Waals surface area contributed by atoms with Crippen molar-refractivity contribution >= 4 is 51.6 Å². The van der Waals surface area contributed by atoms with Gasteiger partial charge >= 0.3 is 5.97 Å². The summed E-state index contributed by atoms with van der Waals surface area (Å²) in [5, 5.41) is 10.9. The molecular formula is C30H30Cl2N6O4. The highest BCUT2D eigenvalue weighted by Gasteiger charge is 2.30. The molecule has 1 aromatic carbocycles. The molecule has 0 aliphatic carbocycles. The molecule has 12 heteroatoms. The maximum absolute atomic E-state index is 13.3. The first-order valence-corrected chi connectivity index (χ1v) is 14.5. The van der Waals surface area contributed by atoms with E-state index in [9.17, 15) is 14.7 Å². The molecule has 2 aliphatic heterocycles. The number of rotatable bonds is 8. The van der Waals surface area contributed by atoms with Crippen LogP contribution in [0.25, 0.3) is 16.6 Å². The maximum Gasteiger partial charge on any atom is 0.341 e. The summed E-state index contributed by atoms with van der Waals surface area (Å²) in [5.74, 6) is -0.140. The lowest BCUT2D eigenvalue weighted by Gasteiger charge is -2.43. The number of anilines is 2. The highest BCUT2D eigenvalue weighted by atomic mass is 35.5. The number of aromatic carboxylic acids is 1. The number of hydrogen-bond acceptors (Lipinski definition) is 8. The van der Waals surface area contributed by atoms with Crippen molar-refractivity contribution in [2.45, 2.75) is 24.9 Å². The molecule has 42 heavy (non-hydrogen) atoms. The third-order valence-electron chi connectivity index (χ3n) is 8.05. The van der Waals surface area contributed by atoms with Crippen LogP contribution in [0, 0.1) is 0 Å². The first-order valence-electron chi connectivity index (χ1n) is 13.7. The fourth-order valence-electron chi connectivity index (χ4n) is 5.60. The second kappa shape index (κ2) is 11.4. The van der Waals surface area contributed by atoms with Gasteiger partial charge in [-0.2, -0.15) is 0 Å². The van der Waals surface area contributed by atoms with Gasteiger partial charge in [0.15, 0.2) is 0 Å². The summed E-state index contributed by atoms with van der Waals surface area (Å²) in [5.41, 5.74) is 1.07. The van der Waals surface area contributed by atoms with Gasteiger partial charge in [-0.05, 0) is 57.3 Å². The summed E-state index contributed by atoms with van der Waals surface area (Å²) in [6.45, 7) is 2.79. The fourth-order valence-corrected chi connectivity index (χ4v) is 6.05. The molecule has 3 aromatic heterocycles. The van der Waals surface area contributed by atoms with Gasteiger partial charge in [0.1, 0.15) is 23.0 Å². The van der Waals surface area contributed by atoms with Crippen LogP contribution in [0.15, 0.2) is 59.8 Å². The van der Waals surface area contributed by atoms with Gasteiger partial charge in [-0.1, -0.05) is 23.2 Å². The van der Waals surface area contributed by atoms with Gasteiger partial charge in [0.2, 0.25) is 11.3 Å². The van der Waals surface area contributed by atoms with E-state index in [0.29, 0.717) is 39.8 Å². The van der Waals surface area contributed by atoms with Crippen LogP contribution < -0.4 is 20.0 Å². The molecule has 0 amide bonds. The summed E-state index contributed by atoms with van der Waals surface area (Å²) in [6, 6.07) is 11.1. The number of aromatic nitrogens is 3. The number of benzene rings is 1. The van der Waals surface area contributed by atoms with Crippen molar-refractivity contribution in [1.82, 2.24) is 19.4 Å². The summed E-state index contributed by atoms with van der Waals surface area (Å²) in [7, 11) is 4.11. The van der Waals surface area contributed by atoms with Gasteiger partial charge in [0, 0.05) is 55.7 Å². The molecule has 4 aromatic rings. The highest BCUT2D eigenvalue weighted by Crippen LogP contribution is 2.36. The van der Waals surface area contributed by atoms with Crippen LogP contribution in [0.4, 0.5) is 11.5 Å². The van der Waals surface area contributed by atoms with E-state index in [-0.39, 0.29) is 17.0 Å². The number of hydrogen-bond donors (Lipinski definition) is 1. The first-order chi connectivity index (χ1) is 20.2. The average Bonchev–Trinajstić information content (AvgIpc) is 3.40. The SMILES string of the molecule is CN(C)C1CN(c2cc(-n3cc(C(=O)O)c(=O)c4cc(Cl)c(N5CCC[C@@H]5COc5ncccc5Cl)cc43)ccn2)C1. The summed E-state index contributed by atoms with van der Waals surface area (Å²) in [6.07, 6.45) is 6.52. The third kappa shape index (κ3) is 5.26. The number of fused-ring (bicyclic) bond motifs is 1. The molecule has 2 saturated heterocycles. The third-order valence-corrected chi connectivity index (χ3v) is 8.64. The van der Waals surface area contributed by atoms with E-state index in [1.807, 2.05) is 12.1 Å². The fraction of sp³-hybridized carbons (Fsp3) is 0.333. The molecule has 0 unspecified atom stereocenters. The zero-order chi connectivity index (χ0) is 29.5. The number of likely N-dealkylation sites (N-methyl/N-ethyl adjacent to an activating group) is 1. The van der Waals surface area contributed by atoms with Crippen LogP contribution in [0.5, 0.6) is 5.88 Å². The van der Waals surface area contributed by atoms with E-state index in [4.69, 9.17) is 27.9 Å². The van der Waals surface area contributed by atoms with Crippen molar-refractivity contribution in [1.29, 1.82) is 0 Å². The van der Waals surface area contributed by atoms with Crippen LogP contribution in [-0.2, 0) is 0 Å². The monoisotopic (exact) mass is 608 g/mol. The molecular weight excluding hydrogens is 579 g/mol. The summed E-state index contributed by atoms with van der Waals surface area (Å²) in [4.78, 5) is 40.7. The van der Waals surface area contributed by atoms with Gasteiger partial charge in [-0.25, -0.2) is 14.8 Å². The number of carboxylic acids is 1. The Balaban J connectivity index is 1.40. The lowest BCUT2D eigenvalue weighted by molar-refractivity contribution is 0.0695. The van der Waals surface area contributed by atoms with E-state index in [0.717, 1.165) is 44.0 Å². The molecule has 0 radical (unpaired) electrons. The van der Waals surface area contributed by atoms with E-state index in [2.05, 4.69) is 38.8 Å². The first kappa shape index (κ1) is 28.3. The number of pyridine rings is 3. The molecule has 1 N–H and O–H groups in total. The Labute approximate surface area is 252 Å². The van der Waals surface area contributed by atoms with Gasteiger partial charge in [-0.3, -0.25) is 4.79 Å². The smallest absolute Gasteiger partial charge is 0.341 e.